The second-order valence-corrected chi connectivity index (χ2v) is 4.56. The van der Waals surface area contributed by atoms with Crippen LogP contribution in [0.3, 0.4) is 0 Å². The molecular formula is C15H23NO2. The van der Waals surface area contributed by atoms with Crippen LogP contribution < -0.4 is 10.1 Å². The highest BCUT2D eigenvalue weighted by atomic mass is 16.5. The first kappa shape index (κ1) is 14.6. The Kier molecular flexibility index (Phi) is 6.26. The zero-order chi connectivity index (χ0) is 13.4. The maximum absolute atomic E-state index is 11.8. The second kappa shape index (κ2) is 7.75. The van der Waals surface area contributed by atoms with E-state index in [4.69, 9.17) is 4.74 Å². The van der Waals surface area contributed by atoms with Crippen molar-refractivity contribution in [1.82, 2.24) is 0 Å². The van der Waals surface area contributed by atoms with Crippen LogP contribution in [0, 0.1) is 6.92 Å². The van der Waals surface area contributed by atoms with Crippen molar-refractivity contribution >= 4 is 11.6 Å². The molecule has 3 nitrogen and oxygen atoms in total. The summed E-state index contributed by atoms with van der Waals surface area (Å²) in [6.07, 6.45) is 5.04. The molecule has 1 aromatic rings. The summed E-state index contributed by atoms with van der Waals surface area (Å²) in [5.41, 5.74) is 1.87. The fourth-order valence-electron chi connectivity index (χ4n) is 1.84. The second-order valence-electron chi connectivity index (χ2n) is 4.56. The summed E-state index contributed by atoms with van der Waals surface area (Å²) in [6, 6.07) is 5.78. The van der Waals surface area contributed by atoms with Gasteiger partial charge in [-0.25, -0.2) is 0 Å². The molecule has 1 N–H and O–H groups in total. The van der Waals surface area contributed by atoms with Crippen LogP contribution in [0.2, 0.25) is 0 Å². The lowest BCUT2D eigenvalue weighted by Gasteiger charge is -2.10. The number of carbonyl (C=O) groups is 1. The Morgan fingerprint density at radius 3 is 2.72 bits per heavy atom. The van der Waals surface area contributed by atoms with Gasteiger partial charge in [-0.15, -0.1) is 0 Å². The number of amides is 1. The lowest BCUT2D eigenvalue weighted by atomic mass is 10.1. The van der Waals surface area contributed by atoms with Crippen LogP contribution in [-0.2, 0) is 4.79 Å². The number of carbonyl (C=O) groups excluding carboxylic acids is 1. The van der Waals surface area contributed by atoms with E-state index in [0.29, 0.717) is 12.2 Å². The summed E-state index contributed by atoms with van der Waals surface area (Å²) in [5, 5.41) is 2.92. The molecule has 100 valence electrons. The third-order valence-corrected chi connectivity index (χ3v) is 2.89. The van der Waals surface area contributed by atoms with Crippen molar-refractivity contribution in [2.75, 3.05) is 12.4 Å². The minimum Gasteiger partial charge on any atom is -0.495 e. The lowest BCUT2D eigenvalue weighted by molar-refractivity contribution is -0.116. The number of methoxy groups -OCH3 is 1. The van der Waals surface area contributed by atoms with Crippen LogP contribution in [0.15, 0.2) is 18.2 Å². The smallest absolute Gasteiger partial charge is 0.224 e. The van der Waals surface area contributed by atoms with Crippen LogP contribution in [0.25, 0.3) is 0 Å². The van der Waals surface area contributed by atoms with E-state index >= 15 is 0 Å². The van der Waals surface area contributed by atoms with E-state index in [-0.39, 0.29) is 5.91 Å². The normalized spacial score (nSPS) is 10.2. The van der Waals surface area contributed by atoms with E-state index in [1.807, 2.05) is 25.1 Å². The first-order valence-electron chi connectivity index (χ1n) is 6.62. The Bertz CT molecular complexity index is 388. The molecule has 18 heavy (non-hydrogen) atoms. The molecule has 0 aliphatic rings. The van der Waals surface area contributed by atoms with Crippen molar-refractivity contribution in [3.63, 3.8) is 0 Å². The summed E-state index contributed by atoms with van der Waals surface area (Å²) in [5.74, 6) is 0.775. The lowest BCUT2D eigenvalue weighted by Crippen LogP contribution is -2.12. The molecular weight excluding hydrogens is 226 g/mol. The molecule has 0 bridgehead atoms. The van der Waals surface area contributed by atoms with Gasteiger partial charge in [-0.2, -0.15) is 0 Å². The standard InChI is InChI=1S/C15H23NO2/c1-4-5-6-7-8-15(17)16-13-11-12(2)9-10-14(13)18-3/h9-11H,4-8H2,1-3H3,(H,16,17). The van der Waals surface area contributed by atoms with Gasteiger partial charge in [-0.05, 0) is 31.0 Å². The van der Waals surface area contributed by atoms with E-state index in [1.54, 1.807) is 7.11 Å². The van der Waals surface area contributed by atoms with Crippen molar-refractivity contribution in [2.45, 2.75) is 46.0 Å². The fourth-order valence-corrected chi connectivity index (χ4v) is 1.84. The molecule has 1 rings (SSSR count). The monoisotopic (exact) mass is 249 g/mol. The predicted molar refractivity (Wildman–Crippen MR) is 75.1 cm³/mol. The van der Waals surface area contributed by atoms with E-state index in [0.717, 1.165) is 24.1 Å². The van der Waals surface area contributed by atoms with Crippen LogP contribution in [0.5, 0.6) is 5.75 Å². The van der Waals surface area contributed by atoms with Crippen molar-refractivity contribution in [3.8, 4) is 5.75 Å². The summed E-state index contributed by atoms with van der Waals surface area (Å²) in [7, 11) is 1.61. The summed E-state index contributed by atoms with van der Waals surface area (Å²) in [6.45, 7) is 4.16. The average molecular weight is 249 g/mol. The van der Waals surface area contributed by atoms with Gasteiger partial charge >= 0.3 is 0 Å². The largest absolute Gasteiger partial charge is 0.495 e. The van der Waals surface area contributed by atoms with Crippen molar-refractivity contribution in [3.05, 3.63) is 23.8 Å². The van der Waals surface area contributed by atoms with Gasteiger partial charge in [0, 0.05) is 6.42 Å². The molecule has 0 heterocycles. The molecule has 0 saturated carbocycles. The van der Waals surface area contributed by atoms with Gasteiger partial charge in [-0.1, -0.05) is 32.3 Å². The molecule has 0 aliphatic carbocycles. The number of ether oxygens (including phenoxy) is 1. The molecule has 0 spiro atoms. The van der Waals surface area contributed by atoms with Crippen LogP contribution in [-0.4, -0.2) is 13.0 Å². The van der Waals surface area contributed by atoms with Crippen molar-refractivity contribution < 1.29 is 9.53 Å². The molecule has 0 atom stereocenters. The molecule has 1 amide bonds. The minimum absolute atomic E-state index is 0.0648. The Balaban J connectivity index is 2.50. The number of hydrogen-bond acceptors (Lipinski definition) is 2. The SMILES string of the molecule is CCCCCCC(=O)Nc1cc(C)ccc1OC. The van der Waals surface area contributed by atoms with Crippen molar-refractivity contribution in [2.24, 2.45) is 0 Å². The highest BCUT2D eigenvalue weighted by Crippen LogP contribution is 2.25. The Morgan fingerprint density at radius 2 is 2.06 bits per heavy atom. The number of unbranched alkanes of at least 4 members (excludes halogenated alkanes) is 3. The highest BCUT2D eigenvalue weighted by molar-refractivity contribution is 5.92. The van der Waals surface area contributed by atoms with Crippen LogP contribution in [0.1, 0.15) is 44.6 Å². The average Bonchev–Trinajstić information content (AvgIpc) is 2.35. The number of benzene rings is 1. The maximum atomic E-state index is 11.8. The van der Waals surface area contributed by atoms with Gasteiger partial charge in [0.25, 0.3) is 0 Å². The quantitative estimate of drug-likeness (QED) is 0.744. The molecule has 0 saturated heterocycles. The Morgan fingerprint density at radius 1 is 1.28 bits per heavy atom. The molecule has 0 radical (unpaired) electrons. The zero-order valence-corrected chi connectivity index (χ0v) is 11.6. The Hall–Kier alpha value is -1.51. The fraction of sp³-hybridized carbons (Fsp3) is 0.533. The summed E-state index contributed by atoms with van der Waals surface area (Å²) in [4.78, 5) is 11.8. The topological polar surface area (TPSA) is 38.3 Å². The van der Waals surface area contributed by atoms with Gasteiger partial charge in [0.2, 0.25) is 5.91 Å². The van der Waals surface area contributed by atoms with Gasteiger partial charge in [0.05, 0.1) is 12.8 Å². The third kappa shape index (κ3) is 4.78. The summed E-state index contributed by atoms with van der Waals surface area (Å²) >= 11 is 0. The molecule has 1 aromatic carbocycles. The highest BCUT2D eigenvalue weighted by Gasteiger charge is 2.07. The molecule has 0 fully saturated rings. The van der Waals surface area contributed by atoms with E-state index in [2.05, 4.69) is 12.2 Å². The number of anilines is 1. The predicted octanol–water partition coefficient (Wildman–Crippen LogP) is 3.91. The number of aryl methyl sites for hydroxylation is 1. The maximum Gasteiger partial charge on any atom is 0.224 e. The first-order valence-corrected chi connectivity index (χ1v) is 6.62. The third-order valence-electron chi connectivity index (χ3n) is 2.89. The summed E-state index contributed by atoms with van der Waals surface area (Å²) < 4.78 is 5.23. The van der Waals surface area contributed by atoms with Crippen LogP contribution >= 0.6 is 0 Å². The van der Waals surface area contributed by atoms with Gasteiger partial charge < -0.3 is 10.1 Å². The number of hydrogen-bond donors (Lipinski definition) is 1. The zero-order valence-electron chi connectivity index (χ0n) is 11.6. The molecule has 3 heteroatoms. The number of nitrogens with one attached hydrogen (secondary N) is 1. The molecule has 0 aromatic heterocycles. The van der Waals surface area contributed by atoms with Crippen molar-refractivity contribution in [1.29, 1.82) is 0 Å². The first-order chi connectivity index (χ1) is 8.67. The van der Waals surface area contributed by atoms with E-state index in [1.165, 1.54) is 12.8 Å². The van der Waals surface area contributed by atoms with E-state index in [9.17, 15) is 4.79 Å². The molecule has 0 aliphatic heterocycles. The Labute approximate surface area is 110 Å². The minimum atomic E-state index is 0.0648. The van der Waals surface area contributed by atoms with Gasteiger partial charge in [0.15, 0.2) is 0 Å². The van der Waals surface area contributed by atoms with Gasteiger partial charge in [-0.3, -0.25) is 4.79 Å². The van der Waals surface area contributed by atoms with Gasteiger partial charge in [0.1, 0.15) is 5.75 Å². The van der Waals surface area contributed by atoms with E-state index < -0.39 is 0 Å². The molecule has 0 unspecified atom stereocenters. The number of rotatable bonds is 7. The van der Waals surface area contributed by atoms with Crippen LogP contribution in [0.4, 0.5) is 5.69 Å².